The summed E-state index contributed by atoms with van der Waals surface area (Å²) in [5, 5.41) is 5.90. The van der Waals surface area contributed by atoms with Crippen LogP contribution in [0.25, 0.3) is 0 Å². The minimum absolute atomic E-state index is 0.206. The molecule has 0 aliphatic rings. The molecular formula is C17H21N3O. The highest BCUT2D eigenvalue weighted by Gasteiger charge is 2.20. The van der Waals surface area contributed by atoms with Crippen LogP contribution in [0.3, 0.4) is 0 Å². The summed E-state index contributed by atoms with van der Waals surface area (Å²) in [6, 6.07) is 15.0. The van der Waals surface area contributed by atoms with Crippen LogP contribution in [0.15, 0.2) is 54.7 Å². The van der Waals surface area contributed by atoms with Crippen molar-refractivity contribution in [2.75, 3.05) is 0 Å². The third kappa shape index (κ3) is 4.60. The Morgan fingerprint density at radius 2 is 1.71 bits per heavy atom. The smallest absolute Gasteiger partial charge is 0.315 e. The van der Waals surface area contributed by atoms with Crippen LogP contribution in [0.1, 0.15) is 38.1 Å². The lowest BCUT2D eigenvalue weighted by atomic mass is 10.0. The van der Waals surface area contributed by atoms with Crippen molar-refractivity contribution >= 4 is 6.03 Å². The third-order valence-electron chi connectivity index (χ3n) is 2.88. The summed E-state index contributed by atoms with van der Waals surface area (Å²) >= 11 is 0. The molecule has 1 aromatic heterocycles. The van der Waals surface area contributed by atoms with Gasteiger partial charge in [-0.25, -0.2) is 4.79 Å². The van der Waals surface area contributed by atoms with E-state index in [0.29, 0.717) is 0 Å². The van der Waals surface area contributed by atoms with Crippen LogP contribution in [0, 0.1) is 0 Å². The summed E-state index contributed by atoms with van der Waals surface area (Å²) in [6.07, 6.45) is 1.73. The molecule has 1 heterocycles. The standard InChI is InChI=1S/C17H21N3O/c1-17(2,3)20-16(21)19-15(13-9-5-4-6-10-13)14-11-7-8-12-18-14/h4-12,15H,1-3H3,(H2,19,20,21)/t15-/m1/s1. The number of carbonyl (C=O) groups is 1. The minimum Gasteiger partial charge on any atom is -0.334 e. The van der Waals surface area contributed by atoms with E-state index in [1.54, 1.807) is 6.20 Å². The Morgan fingerprint density at radius 1 is 1.05 bits per heavy atom. The van der Waals surface area contributed by atoms with E-state index in [1.165, 1.54) is 0 Å². The number of benzene rings is 1. The van der Waals surface area contributed by atoms with Crippen molar-refractivity contribution in [3.8, 4) is 0 Å². The molecule has 1 atom stereocenters. The van der Waals surface area contributed by atoms with Crippen LogP contribution in [0.5, 0.6) is 0 Å². The first-order valence-electron chi connectivity index (χ1n) is 7.00. The second-order valence-corrected chi connectivity index (χ2v) is 5.95. The molecule has 4 heteroatoms. The van der Waals surface area contributed by atoms with Crippen LogP contribution in [-0.2, 0) is 0 Å². The van der Waals surface area contributed by atoms with Crippen LogP contribution in [0.2, 0.25) is 0 Å². The summed E-state index contributed by atoms with van der Waals surface area (Å²) in [7, 11) is 0. The number of pyridine rings is 1. The molecule has 0 spiro atoms. The maximum absolute atomic E-state index is 12.2. The topological polar surface area (TPSA) is 54.0 Å². The minimum atomic E-state index is -0.282. The number of urea groups is 1. The summed E-state index contributed by atoms with van der Waals surface area (Å²) in [5.74, 6) is 0. The molecule has 0 saturated carbocycles. The first kappa shape index (κ1) is 15.0. The Balaban J connectivity index is 2.24. The van der Waals surface area contributed by atoms with Gasteiger partial charge in [0.25, 0.3) is 0 Å². The molecule has 1 aromatic carbocycles. The van der Waals surface area contributed by atoms with Gasteiger partial charge in [-0.3, -0.25) is 4.98 Å². The normalized spacial score (nSPS) is 12.5. The van der Waals surface area contributed by atoms with Gasteiger partial charge in [0.05, 0.1) is 11.7 Å². The van der Waals surface area contributed by atoms with E-state index in [2.05, 4.69) is 15.6 Å². The van der Waals surface area contributed by atoms with Gasteiger partial charge in [0.15, 0.2) is 0 Å². The fourth-order valence-electron chi connectivity index (χ4n) is 2.03. The predicted octanol–water partition coefficient (Wildman–Crippen LogP) is 3.27. The van der Waals surface area contributed by atoms with Gasteiger partial charge >= 0.3 is 6.03 Å². The maximum Gasteiger partial charge on any atom is 0.315 e. The summed E-state index contributed by atoms with van der Waals surface area (Å²) < 4.78 is 0. The molecule has 0 fully saturated rings. The van der Waals surface area contributed by atoms with Gasteiger partial charge in [-0.05, 0) is 38.5 Å². The lowest BCUT2D eigenvalue weighted by molar-refractivity contribution is 0.229. The fourth-order valence-corrected chi connectivity index (χ4v) is 2.03. The van der Waals surface area contributed by atoms with Crippen molar-refractivity contribution in [3.05, 3.63) is 66.0 Å². The lowest BCUT2D eigenvalue weighted by Crippen LogP contribution is -2.47. The molecule has 21 heavy (non-hydrogen) atoms. The molecule has 0 radical (unpaired) electrons. The van der Waals surface area contributed by atoms with Gasteiger partial charge in [0.2, 0.25) is 0 Å². The average molecular weight is 283 g/mol. The van der Waals surface area contributed by atoms with Crippen LogP contribution in [0.4, 0.5) is 4.79 Å². The summed E-state index contributed by atoms with van der Waals surface area (Å²) in [5.41, 5.74) is 1.53. The van der Waals surface area contributed by atoms with E-state index in [0.717, 1.165) is 11.3 Å². The van der Waals surface area contributed by atoms with E-state index in [-0.39, 0.29) is 17.6 Å². The zero-order valence-corrected chi connectivity index (χ0v) is 12.6. The number of hydrogen-bond acceptors (Lipinski definition) is 2. The first-order valence-corrected chi connectivity index (χ1v) is 7.00. The van der Waals surface area contributed by atoms with Crippen molar-refractivity contribution in [2.24, 2.45) is 0 Å². The van der Waals surface area contributed by atoms with Gasteiger partial charge in [0, 0.05) is 11.7 Å². The Hall–Kier alpha value is -2.36. The van der Waals surface area contributed by atoms with Gasteiger partial charge in [-0.15, -0.1) is 0 Å². The first-order chi connectivity index (χ1) is 9.96. The number of nitrogens with zero attached hydrogens (tertiary/aromatic N) is 1. The van der Waals surface area contributed by atoms with Crippen molar-refractivity contribution in [1.82, 2.24) is 15.6 Å². The molecule has 0 bridgehead atoms. The van der Waals surface area contributed by atoms with E-state index < -0.39 is 0 Å². The van der Waals surface area contributed by atoms with Gasteiger partial charge in [0.1, 0.15) is 0 Å². The Morgan fingerprint density at radius 3 is 2.29 bits per heavy atom. The van der Waals surface area contributed by atoms with Crippen LogP contribution < -0.4 is 10.6 Å². The second kappa shape index (κ2) is 6.39. The number of amides is 2. The zero-order valence-electron chi connectivity index (χ0n) is 12.6. The number of aromatic nitrogens is 1. The third-order valence-corrected chi connectivity index (χ3v) is 2.88. The van der Waals surface area contributed by atoms with Crippen LogP contribution >= 0.6 is 0 Å². The molecule has 2 N–H and O–H groups in total. The Kier molecular flexibility index (Phi) is 4.58. The number of rotatable bonds is 3. The average Bonchev–Trinajstić information content (AvgIpc) is 2.45. The van der Waals surface area contributed by atoms with Gasteiger partial charge < -0.3 is 10.6 Å². The van der Waals surface area contributed by atoms with Gasteiger partial charge in [-0.1, -0.05) is 36.4 Å². The lowest BCUT2D eigenvalue weighted by Gasteiger charge is -2.24. The Labute approximate surface area is 125 Å². The van der Waals surface area contributed by atoms with Crippen molar-refractivity contribution in [3.63, 3.8) is 0 Å². The highest BCUT2D eigenvalue weighted by atomic mass is 16.2. The van der Waals surface area contributed by atoms with E-state index >= 15 is 0 Å². The summed E-state index contributed by atoms with van der Waals surface area (Å²) in [4.78, 5) is 16.5. The molecule has 0 aliphatic heterocycles. The van der Waals surface area contributed by atoms with E-state index in [1.807, 2.05) is 69.3 Å². The highest BCUT2D eigenvalue weighted by molar-refractivity contribution is 5.75. The molecule has 0 saturated heterocycles. The van der Waals surface area contributed by atoms with E-state index in [4.69, 9.17) is 0 Å². The SMILES string of the molecule is CC(C)(C)NC(=O)N[C@H](c1ccccc1)c1ccccn1. The number of carbonyl (C=O) groups excluding carboxylic acids is 1. The molecule has 2 amide bonds. The van der Waals surface area contributed by atoms with Gasteiger partial charge in [-0.2, -0.15) is 0 Å². The molecule has 110 valence electrons. The zero-order chi connectivity index (χ0) is 15.3. The summed E-state index contributed by atoms with van der Waals surface area (Å²) in [6.45, 7) is 5.85. The molecule has 0 unspecified atom stereocenters. The Bertz CT molecular complexity index is 536. The van der Waals surface area contributed by atoms with Crippen molar-refractivity contribution in [2.45, 2.75) is 32.4 Å². The van der Waals surface area contributed by atoms with Crippen molar-refractivity contribution in [1.29, 1.82) is 0 Å². The van der Waals surface area contributed by atoms with Crippen molar-refractivity contribution < 1.29 is 4.79 Å². The predicted molar refractivity (Wildman–Crippen MR) is 83.9 cm³/mol. The van der Waals surface area contributed by atoms with E-state index in [9.17, 15) is 4.79 Å². The molecular weight excluding hydrogens is 262 g/mol. The maximum atomic E-state index is 12.2. The quantitative estimate of drug-likeness (QED) is 0.908. The highest BCUT2D eigenvalue weighted by Crippen LogP contribution is 2.19. The van der Waals surface area contributed by atoms with Crippen LogP contribution in [-0.4, -0.2) is 16.6 Å². The molecule has 2 rings (SSSR count). The fraction of sp³-hybridized carbons (Fsp3) is 0.294. The molecule has 0 aliphatic carbocycles. The largest absolute Gasteiger partial charge is 0.334 e. The second-order valence-electron chi connectivity index (χ2n) is 5.95. The number of nitrogens with one attached hydrogen (secondary N) is 2. The molecule has 2 aromatic rings. The number of hydrogen-bond donors (Lipinski definition) is 2. The molecule has 4 nitrogen and oxygen atoms in total. The monoisotopic (exact) mass is 283 g/mol.